The molecule has 0 radical (unpaired) electrons. The summed E-state index contributed by atoms with van der Waals surface area (Å²) >= 11 is 0. The molecule has 0 spiro atoms. The van der Waals surface area contributed by atoms with E-state index in [-0.39, 0.29) is 5.56 Å². The number of nitrogens with zero attached hydrogens (tertiary/aromatic N) is 4. The average Bonchev–Trinajstić information content (AvgIpc) is 3.03. The van der Waals surface area contributed by atoms with Gasteiger partial charge >= 0.3 is 0 Å². The van der Waals surface area contributed by atoms with Gasteiger partial charge in [-0.15, -0.1) is 0 Å². The van der Waals surface area contributed by atoms with Crippen LogP contribution < -0.4 is 15.0 Å². The summed E-state index contributed by atoms with van der Waals surface area (Å²) in [5.41, 5.74) is 3.05. The number of fused-ring (bicyclic) bond motifs is 2. The van der Waals surface area contributed by atoms with Crippen LogP contribution in [0.25, 0.3) is 16.7 Å². The van der Waals surface area contributed by atoms with E-state index in [9.17, 15) is 4.79 Å². The minimum atomic E-state index is -0.232. The lowest BCUT2D eigenvalue weighted by Crippen LogP contribution is -2.12. The van der Waals surface area contributed by atoms with Crippen molar-refractivity contribution >= 4 is 16.7 Å². The molecule has 4 rings (SSSR count). The monoisotopic (exact) mass is 365 g/mol. The van der Waals surface area contributed by atoms with Crippen LogP contribution in [0.2, 0.25) is 0 Å². The molecule has 27 heavy (non-hydrogen) atoms. The highest BCUT2D eigenvalue weighted by Crippen LogP contribution is 2.30. The highest BCUT2D eigenvalue weighted by molar-refractivity contribution is 5.81. The Morgan fingerprint density at radius 2 is 1.78 bits per heavy atom. The third-order valence-corrected chi connectivity index (χ3v) is 4.42. The number of imidazole rings is 1. The first-order chi connectivity index (χ1) is 13.0. The van der Waals surface area contributed by atoms with E-state index < -0.39 is 0 Å². The fourth-order valence-corrected chi connectivity index (χ4v) is 3.17. The van der Waals surface area contributed by atoms with Crippen LogP contribution in [0.4, 0.5) is 0 Å². The Morgan fingerprint density at radius 3 is 2.52 bits per heavy atom. The largest absolute Gasteiger partial charge is 0.493 e. The fraction of sp³-hybridized carbons (Fsp3) is 0.263. The van der Waals surface area contributed by atoms with Gasteiger partial charge in [-0.2, -0.15) is 0 Å². The number of ether oxygens (including phenoxy) is 2. The van der Waals surface area contributed by atoms with Gasteiger partial charge in [0.25, 0.3) is 5.56 Å². The van der Waals surface area contributed by atoms with E-state index >= 15 is 0 Å². The lowest BCUT2D eigenvalue weighted by atomic mass is 10.2. The summed E-state index contributed by atoms with van der Waals surface area (Å²) in [6, 6.07) is 5.32. The van der Waals surface area contributed by atoms with Crippen molar-refractivity contribution in [3.8, 4) is 11.5 Å². The first kappa shape index (κ1) is 17.0. The molecule has 4 aromatic rings. The minimum absolute atomic E-state index is 0.232. The maximum atomic E-state index is 12.5. The van der Waals surface area contributed by atoms with Crippen LogP contribution in [-0.4, -0.2) is 38.6 Å². The Morgan fingerprint density at radius 1 is 1.04 bits per heavy atom. The first-order valence-electron chi connectivity index (χ1n) is 8.45. The molecule has 3 aromatic heterocycles. The summed E-state index contributed by atoms with van der Waals surface area (Å²) in [4.78, 5) is 28.9. The molecule has 0 saturated heterocycles. The van der Waals surface area contributed by atoms with Gasteiger partial charge in [-0.05, 0) is 26.0 Å². The van der Waals surface area contributed by atoms with Gasteiger partial charge in [0, 0.05) is 30.1 Å². The average molecular weight is 365 g/mol. The fourth-order valence-electron chi connectivity index (χ4n) is 3.17. The summed E-state index contributed by atoms with van der Waals surface area (Å²) in [6.07, 6.45) is 2.30. The third kappa shape index (κ3) is 2.99. The molecule has 0 fully saturated rings. The molecule has 1 aromatic carbocycles. The Hall–Kier alpha value is -3.42. The molecular formula is C19H19N5O3. The zero-order valence-corrected chi connectivity index (χ0v) is 15.5. The van der Waals surface area contributed by atoms with Crippen LogP contribution >= 0.6 is 0 Å². The summed E-state index contributed by atoms with van der Waals surface area (Å²) in [5.74, 6) is 2.17. The van der Waals surface area contributed by atoms with E-state index in [2.05, 4.69) is 19.9 Å². The van der Waals surface area contributed by atoms with Gasteiger partial charge in [-0.3, -0.25) is 9.20 Å². The van der Waals surface area contributed by atoms with Gasteiger partial charge in [0.1, 0.15) is 5.82 Å². The van der Waals surface area contributed by atoms with E-state index in [0.717, 1.165) is 17.1 Å². The minimum Gasteiger partial charge on any atom is -0.493 e. The molecule has 0 amide bonds. The molecule has 0 atom stereocenters. The van der Waals surface area contributed by atoms with Crippen molar-refractivity contribution in [2.45, 2.75) is 20.3 Å². The Balaban J connectivity index is 1.78. The van der Waals surface area contributed by atoms with Crippen LogP contribution in [0, 0.1) is 13.8 Å². The SMILES string of the molecule is COc1cc2nc(Cc3cn4c(C)cc(C)nc4n3)[nH]c(=O)c2cc1OC. The molecule has 8 heteroatoms. The molecule has 1 N–H and O–H groups in total. The molecule has 138 valence electrons. The zero-order valence-electron chi connectivity index (χ0n) is 15.5. The summed E-state index contributed by atoms with van der Waals surface area (Å²) in [6.45, 7) is 3.94. The second-order valence-electron chi connectivity index (χ2n) is 6.35. The number of hydrogen-bond acceptors (Lipinski definition) is 6. The van der Waals surface area contributed by atoms with Gasteiger partial charge in [-0.25, -0.2) is 15.0 Å². The van der Waals surface area contributed by atoms with Gasteiger partial charge in [0.15, 0.2) is 11.5 Å². The molecule has 0 bridgehead atoms. The van der Waals surface area contributed by atoms with Gasteiger partial charge < -0.3 is 14.5 Å². The second-order valence-corrected chi connectivity index (χ2v) is 6.35. The van der Waals surface area contributed by atoms with Gasteiger partial charge in [0.2, 0.25) is 5.78 Å². The molecule has 0 aliphatic carbocycles. The number of aromatic nitrogens is 5. The number of rotatable bonds is 4. The van der Waals surface area contributed by atoms with Crippen molar-refractivity contribution in [2.75, 3.05) is 14.2 Å². The molecule has 0 aliphatic rings. The number of H-pyrrole nitrogens is 1. The summed E-state index contributed by atoms with van der Waals surface area (Å²) in [5, 5.41) is 0.444. The van der Waals surface area contributed by atoms with E-state index in [1.54, 1.807) is 19.2 Å². The number of methoxy groups -OCH3 is 2. The highest BCUT2D eigenvalue weighted by atomic mass is 16.5. The normalized spacial score (nSPS) is 11.3. The van der Waals surface area contributed by atoms with Crippen LogP contribution in [0.15, 0.2) is 29.2 Å². The van der Waals surface area contributed by atoms with E-state index in [0.29, 0.717) is 40.4 Å². The van der Waals surface area contributed by atoms with Crippen LogP contribution in [0.5, 0.6) is 11.5 Å². The smallest absolute Gasteiger partial charge is 0.258 e. The quantitative estimate of drug-likeness (QED) is 0.596. The van der Waals surface area contributed by atoms with Crippen LogP contribution in [0.1, 0.15) is 22.9 Å². The standard InChI is InChI=1S/C19H19N5O3/c1-10-5-11(2)24-9-12(21-19(24)20-10)6-17-22-14-8-16(27-4)15(26-3)7-13(14)18(25)23-17/h5,7-9H,6H2,1-4H3,(H,22,23,25). The molecule has 3 heterocycles. The lowest BCUT2D eigenvalue weighted by molar-refractivity contribution is 0.355. The molecule has 0 unspecified atom stereocenters. The maximum Gasteiger partial charge on any atom is 0.258 e. The molecular weight excluding hydrogens is 346 g/mol. The maximum absolute atomic E-state index is 12.5. The predicted molar refractivity (Wildman–Crippen MR) is 101 cm³/mol. The number of aromatic amines is 1. The topological polar surface area (TPSA) is 94.4 Å². The molecule has 8 nitrogen and oxygen atoms in total. The van der Waals surface area contributed by atoms with Crippen LogP contribution in [-0.2, 0) is 6.42 Å². The first-order valence-corrected chi connectivity index (χ1v) is 8.45. The van der Waals surface area contributed by atoms with Crippen molar-refractivity contribution < 1.29 is 9.47 Å². The van der Waals surface area contributed by atoms with E-state index in [4.69, 9.17) is 9.47 Å². The Kier molecular flexibility index (Phi) is 4.02. The summed E-state index contributed by atoms with van der Waals surface area (Å²) in [7, 11) is 3.08. The molecule has 0 aliphatic heterocycles. The van der Waals surface area contributed by atoms with Crippen molar-refractivity contribution in [3.05, 3.63) is 57.7 Å². The lowest BCUT2D eigenvalue weighted by Gasteiger charge is -2.09. The third-order valence-electron chi connectivity index (χ3n) is 4.42. The number of nitrogens with one attached hydrogen (secondary N) is 1. The van der Waals surface area contributed by atoms with Gasteiger partial charge in [-0.1, -0.05) is 0 Å². The van der Waals surface area contributed by atoms with Crippen molar-refractivity contribution in [1.29, 1.82) is 0 Å². The molecule has 0 saturated carbocycles. The zero-order chi connectivity index (χ0) is 19.1. The second kappa shape index (κ2) is 6.39. The number of benzene rings is 1. The Bertz CT molecular complexity index is 1230. The summed E-state index contributed by atoms with van der Waals surface area (Å²) < 4.78 is 12.5. The predicted octanol–water partition coefficient (Wildman–Crippen LogP) is 2.19. The van der Waals surface area contributed by atoms with Crippen molar-refractivity contribution in [1.82, 2.24) is 24.3 Å². The highest BCUT2D eigenvalue weighted by Gasteiger charge is 2.13. The van der Waals surface area contributed by atoms with Crippen molar-refractivity contribution in [2.24, 2.45) is 0 Å². The van der Waals surface area contributed by atoms with E-state index in [1.165, 1.54) is 7.11 Å². The van der Waals surface area contributed by atoms with Crippen LogP contribution in [0.3, 0.4) is 0 Å². The Labute approximate surface area is 154 Å². The van der Waals surface area contributed by atoms with Gasteiger partial charge in [0.05, 0.1) is 30.8 Å². The van der Waals surface area contributed by atoms with Crippen molar-refractivity contribution in [3.63, 3.8) is 0 Å². The van der Waals surface area contributed by atoms with E-state index in [1.807, 2.05) is 30.5 Å². The number of aryl methyl sites for hydroxylation is 2. The number of hydrogen-bond donors (Lipinski definition) is 1.